The lowest BCUT2D eigenvalue weighted by Crippen LogP contribution is -2.10. The molecule has 8 heteroatoms. The summed E-state index contributed by atoms with van der Waals surface area (Å²) in [5.74, 6) is 0.501. The molecule has 124 valence electrons. The van der Waals surface area contributed by atoms with Crippen molar-refractivity contribution in [2.75, 3.05) is 7.11 Å². The maximum atomic E-state index is 12.5. The van der Waals surface area contributed by atoms with Crippen molar-refractivity contribution in [3.63, 3.8) is 0 Å². The molecule has 0 saturated carbocycles. The molecule has 3 heterocycles. The van der Waals surface area contributed by atoms with Gasteiger partial charge in [-0.15, -0.1) is 0 Å². The first-order valence-corrected chi connectivity index (χ1v) is 7.52. The molecule has 1 amide bonds. The third kappa shape index (κ3) is 2.85. The maximum Gasteiger partial charge on any atom is 0.279 e. The number of nitrogens with zero attached hydrogens (tertiary/aromatic N) is 3. The number of ether oxygens (including phenoxy) is 1. The minimum absolute atomic E-state index is 0.146. The van der Waals surface area contributed by atoms with Gasteiger partial charge in [-0.25, -0.2) is 14.7 Å². The lowest BCUT2D eigenvalue weighted by atomic mass is 10.1. The quantitative estimate of drug-likeness (QED) is 0.736. The molecule has 0 saturated heterocycles. The highest BCUT2D eigenvalue weighted by Crippen LogP contribution is 2.30. The van der Waals surface area contributed by atoms with E-state index in [-0.39, 0.29) is 15.9 Å². The number of furan rings is 1. The number of hydrogen-bond acceptors (Lipinski definition) is 5. The highest BCUT2D eigenvalue weighted by molar-refractivity contribution is 6.30. The Kier molecular flexibility index (Phi) is 4.26. The van der Waals surface area contributed by atoms with E-state index in [2.05, 4.69) is 9.98 Å². The first kappa shape index (κ1) is 16.1. The zero-order valence-corrected chi connectivity index (χ0v) is 13.7. The number of methoxy groups -OCH3 is 1. The van der Waals surface area contributed by atoms with Gasteiger partial charge >= 0.3 is 0 Å². The van der Waals surface area contributed by atoms with E-state index in [0.29, 0.717) is 29.0 Å². The second-order valence-corrected chi connectivity index (χ2v) is 5.37. The van der Waals surface area contributed by atoms with Gasteiger partial charge in [-0.1, -0.05) is 18.5 Å². The number of halogens is 1. The standard InChI is InChI=1S/C16H14ClN3O4/c1-3-9-6-10-11(7-18-16(23-2)14(10)24-9)15(21)19-13-4-5-20(22)8-12(13)17/h4-8,22H,3H2,1-2H3. The number of carbonyl (C=O) groups excluding carboxylic acids is 1. The lowest BCUT2D eigenvalue weighted by Gasteiger charge is -2.02. The van der Waals surface area contributed by atoms with Gasteiger partial charge in [0, 0.05) is 24.2 Å². The molecule has 7 nitrogen and oxygen atoms in total. The summed E-state index contributed by atoms with van der Waals surface area (Å²) in [6.45, 7) is 1.94. The monoisotopic (exact) mass is 347 g/mol. The molecule has 0 aliphatic rings. The molecule has 24 heavy (non-hydrogen) atoms. The first-order chi connectivity index (χ1) is 11.5. The van der Waals surface area contributed by atoms with Gasteiger partial charge in [0.25, 0.3) is 11.8 Å². The van der Waals surface area contributed by atoms with Crippen molar-refractivity contribution in [2.24, 2.45) is 4.99 Å². The predicted octanol–water partition coefficient (Wildman–Crippen LogP) is 2.83. The summed E-state index contributed by atoms with van der Waals surface area (Å²) in [6.07, 6.45) is 4.63. The summed E-state index contributed by atoms with van der Waals surface area (Å²) in [5.41, 5.74) is 0.689. The number of hydrogen-bond donors (Lipinski definition) is 1. The molecule has 0 aliphatic heterocycles. The van der Waals surface area contributed by atoms with E-state index in [1.165, 1.54) is 31.8 Å². The molecule has 0 aliphatic carbocycles. The summed E-state index contributed by atoms with van der Waals surface area (Å²) in [4.78, 5) is 20.6. The van der Waals surface area contributed by atoms with Crippen LogP contribution in [0.3, 0.4) is 0 Å². The Bertz CT molecular complexity index is 991. The molecule has 0 fully saturated rings. The van der Waals surface area contributed by atoms with Crippen molar-refractivity contribution in [2.45, 2.75) is 13.3 Å². The minimum atomic E-state index is -0.517. The molecular weight excluding hydrogens is 334 g/mol. The molecule has 1 N–H and O–H groups in total. The molecule has 3 aromatic rings. The Morgan fingerprint density at radius 2 is 2.33 bits per heavy atom. The topological polar surface area (TPSA) is 89.9 Å². The Balaban J connectivity index is 2.15. The molecule has 0 unspecified atom stereocenters. The fraction of sp³-hybridized carbons (Fsp3) is 0.188. The van der Waals surface area contributed by atoms with Gasteiger partial charge in [0.2, 0.25) is 0 Å². The van der Waals surface area contributed by atoms with Crippen LogP contribution >= 0.6 is 11.6 Å². The van der Waals surface area contributed by atoms with Crippen molar-refractivity contribution in [1.82, 2.24) is 9.71 Å². The number of rotatable bonds is 3. The molecule has 0 radical (unpaired) electrons. The minimum Gasteiger partial charge on any atom is -0.478 e. The van der Waals surface area contributed by atoms with Crippen LogP contribution in [-0.4, -0.2) is 27.9 Å². The fourth-order valence-electron chi connectivity index (χ4n) is 2.25. The van der Waals surface area contributed by atoms with Gasteiger partial charge in [0.05, 0.1) is 29.2 Å². The number of aromatic nitrogens is 2. The molecule has 3 aromatic heterocycles. The number of carbonyl (C=O) groups is 1. The van der Waals surface area contributed by atoms with Crippen molar-refractivity contribution < 1.29 is 19.2 Å². The summed E-state index contributed by atoms with van der Waals surface area (Å²) < 4.78 is 11.6. The third-order valence-corrected chi connectivity index (χ3v) is 3.74. The lowest BCUT2D eigenvalue weighted by molar-refractivity contribution is 0.0999. The van der Waals surface area contributed by atoms with Crippen LogP contribution in [0.25, 0.3) is 11.0 Å². The van der Waals surface area contributed by atoms with Gasteiger partial charge in [0.1, 0.15) is 5.76 Å². The van der Waals surface area contributed by atoms with Crippen LogP contribution in [-0.2, 0) is 6.42 Å². The number of pyridine rings is 2. The Morgan fingerprint density at radius 1 is 1.54 bits per heavy atom. The maximum absolute atomic E-state index is 12.5. The smallest absolute Gasteiger partial charge is 0.279 e. The summed E-state index contributed by atoms with van der Waals surface area (Å²) in [7, 11) is 1.48. The normalized spacial score (nSPS) is 11.9. The zero-order valence-electron chi connectivity index (χ0n) is 13.0. The molecule has 3 rings (SSSR count). The second kappa shape index (κ2) is 6.37. The fourth-order valence-corrected chi connectivity index (χ4v) is 2.46. The van der Waals surface area contributed by atoms with Crippen LogP contribution in [0.4, 0.5) is 0 Å². The van der Waals surface area contributed by atoms with Crippen molar-refractivity contribution >= 4 is 28.5 Å². The Labute approximate surface area is 141 Å². The van der Waals surface area contributed by atoms with Gasteiger partial charge < -0.3 is 14.4 Å². The predicted molar refractivity (Wildman–Crippen MR) is 86.5 cm³/mol. The second-order valence-electron chi connectivity index (χ2n) is 4.97. The Morgan fingerprint density at radius 3 is 3.00 bits per heavy atom. The van der Waals surface area contributed by atoms with E-state index >= 15 is 0 Å². The van der Waals surface area contributed by atoms with E-state index in [9.17, 15) is 10.0 Å². The van der Waals surface area contributed by atoms with Crippen LogP contribution in [0.5, 0.6) is 5.88 Å². The highest BCUT2D eigenvalue weighted by atomic mass is 35.5. The van der Waals surface area contributed by atoms with E-state index < -0.39 is 5.91 Å². The van der Waals surface area contributed by atoms with E-state index in [1.807, 2.05) is 6.92 Å². The van der Waals surface area contributed by atoms with Gasteiger partial charge in [-0.2, -0.15) is 0 Å². The molecule has 0 aromatic carbocycles. The Hall–Kier alpha value is -2.80. The third-order valence-electron chi connectivity index (χ3n) is 3.45. The largest absolute Gasteiger partial charge is 0.478 e. The number of aryl methyl sites for hydroxylation is 1. The average molecular weight is 348 g/mol. The number of fused-ring (bicyclic) bond motifs is 1. The SMILES string of the molecule is CCc1cc2c(C(=O)N=c3ccn(O)cc3Cl)cnc(OC)c2o1. The van der Waals surface area contributed by atoms with Gasteiger partial charge in [-0.05, 0) is 12.1 Å². The van der Waals surface area contributed by atoms with Gasteiger partial charge in [0.15, 0.2) is 5.58 Å². The molecule has 0 spiro atoms. The summed E-state index contributed by atoms with van der Waals surface area (Å²) in [5, 5.41) is 10.3. The van der Waals surface area contributed by atoms with Gasteiger partial charge in [-0.3, -0.25) is 4.79 Å². The van der Waals surface area contributed by atoms with Crippen LogP contribution in [0.1, 0.15) is 23.0 Å². The van der Waals surface area contributed by atoms with Crippen LogP contribution in [0, 0.1) is 0 Å². The van der Waals surface area contributed by atoms with Crippen molar-refractivity contribution in [3.8, 4) is 5.88 Å². The van der Waals surface area contributed by atoms with Crippen molar-refractivity contribution in [3.05, 3.63) is 52.4 Å². The first-order valence-electron chi connectivity index (χ1n) is 7.15. The summed E-state index contributed by atoms with van der Waals surface area (Å²) >= 11 is 5.97. The van der Waals surface area contributed by atoms with E-state index in [1.54, 1.807) is 6.07 Å². The number of amides is 1. The molecule has 0 atom stereocenters. The van der Waals surface area contributed by atoms with E-state index in [0.717, 1.165) is 4.73 Å². The summed E-state index contributed by atoms with van der Waals surface area (Å²) in [6, 6.07) is 3.21. The molecular formula is C16H14ClN3O4. The van der Waals surface area contributed by atoms with Crippen molar-refractivity contribution in [1.29, 1.82) is 0 Å². The zero-order chi connectivity index (χ0) is 17.3. The molecule has 0 bridgehead atoms. The average Bonchev–Trinajstić information content (AvgIpc) is 3.00. The van der Waals surface area contributed by atoms with Crippen LogP contribution in [0.15, 0.2) is 40.1 Å². The highest BCUT2D eigenvalue weighted by Gasteiger charge is 2.18. The van der Waals surface area contributed by atoms with Crippen LogP contribution < -0.4 is 10.1 Å². The van der Waals surface area contributed by atoms with E-state index in [4.69, 9.17) is 20.8 Å². The van der Waals surface area contributed by atoms with Crippen LogP contribution in [0.2, 0.25) is 5.02 Å².